The molecule has 0 fully saturated rings. The highest BCUT2D eigenvalue weighted by Crippen LogP contribution is 2.34. The summed E-state index contributed by atoms with van der Waals surface area (Å²) in [7, 11) is 0. The lowest BCUT2D eigenvalue weighted by Gasteiger charge is -2.11. The maximum absolute atomic E-state index is 13.3. The van der Waals surface area contributed by atoms with Crippen LogP contribution in [0, 0.1) is 27.3 Å². The SMILES string of the molecule is CCOc1cc2nc(Nc3ccc(F)c(Cl)c3)c(C#N)cc2cc1[N+](=O)[O-]. The maximum atomic E-state index is 13.3. The van der Waals surface area contributed by atoms with Gasteiger partial charge in [-0.25, -0.2) is 9.37 Å². The van der Waals surface area contributed by atoms with E-state index in [0.717, 1.165) is 0 Å². The molecule has 2 aromatic carbocycles. The predicted octanol–water partition coefficient (Wildman–Crippen LogP) is 4.95. The highest BCUT2D eigenvalue weighted by molar-refractivity contribution is 6.31. The molecule has 1 heterocycles. The van der Waals surface area contributed by atoms with Gasteiger partial charge in [-0.1, -0.05) is 11.6 Å². The summed E-state index contributed by atoms with van der Waals surface area (Å²) in [6.45, 7) is 1.97. The fourth-order valence-corrected chi connectivity index (χ4v) is 2.68. The smallest absolute Gasteiger partial charge is 0.311 e. The van der Waals surface area contributed by atoms with Crippen molar-refractivity contribution < 1.29 is 14.1 Å². The topological polar surface area (TPSA) is 101 Å². The molecule has 0 saturated carbocycles. The monoisotopic (exact) mass is 386 g/mol. The van der Waals surface area contributed by atoms with E-state index in [1.165, 1.54) is 36.4 Å². The van der Waals surface area contributed by atoms with Crippen molar-refractivity contribution in [1.29, 1.82) is 5.26 Å². The van der Waals surface area contributed by atoms with Crippen molar-refractivity contribution in [3.8, 4) is 11.8 Å². The molecule has 0 saturated heterocycles. The first kappa shape index (κ1) is 18.4. The first-order valence-electron chi connectivity index (χ1n) is 7.81. The highest BCUT2D eigenvalue weighted by atomic mass is 35.5. The van der Waals surface area contributed by atoms with Crippen molar-refractivity contribution in [3.05, 3.63) is 62.9 Å². The second kappa shape index (κ2) is 7.43. The number of benzene rings is 2. The van der Waals surface area contributed by atoms with Crippen LogP contribution in [0.5, 0.6) is 5.75 Å². The van der Waals surface area contributed by atoms with Gasteiger partial charge in [0.1, 0.15) is 17.7 Å². The maximum Gasteiger partial charge on any atom is 0.311 e. The number of hydrogen-bond acceptors (Lipinski definition) is 6. The highest BCUT2D eigenvalue weighted by Gasteiger charge is 2.18. The summed E-state index contributed by atoms with van der Waals surface area (Å²) in [6, 6.07) is 10.2. The molecule has 0 bridgehead atoms. The minimum Gasteiger partial charge on any atom is -0.487 e. The van der Waals surface area contributed by atoms with Crippen LogP contribution >= 0.6 is 11.6 Å². The molecule has 3 rings (SSSR count). The number of nitrogens with one attached hydrogen (secondary N) is 1. The van der Waals surface area contributed by atoms with E-state index in [4.69, 9.17) is 16.3 Å². The van der Waals surface area contributed by atoms with Gasteiger partial charge in [-0.05, 0) is 31.2 Å². The summed E-state index contributed by atoms with van der Waals surface area (Å²) in [4.78, 5) is 15.1. The number of hydrogen-bond donors (Lipinski definition) is 1. The predicted molar refractivity (Wildman–Crippen MR) is 99.0 cm³/mol. The molecule has 0 amide bonds. The van der Waals surface area contributed by atoms with Gasteiger partial charge in [0.05, 0.1) is 27.6 Å². The molecule has 0 aliphatic rings. The van der Waals surface area contributed by atoms with Crippen molar-refractivity contribution in [3.63, 3.8) is 0 Å². The van der Waals surface area contributed by atoms with Crippen LogP contribution in [-0.4, -0.2) is 16.5 Å². The summed E-state index contributed by atoms with van der Waals surface area (Å²) >= 11 is 5.77. The molecular weight excluding hydrogens is 375 g/mol. The molecule has 0 unspecified atom stereocenters. The summed E-state index contributed by atoms with van der Waals surface area (Å²) in [5, 5.41) is 23.9. The number of fused-ring (bicyclic) bond motifs is 1. The van der Waals surface area contributed by atoms with Gasteiger partial charge < -0.3 is 10.1 Å². The number of nitrogens with zero attached hydrogens (tertiary/aromatic N) is 3. The standard InChI is InChI=1S/C18H12ClFN4O3/c1-2-27-17-8-15-10(6-16(17)24(25)26)5-11(9-21)18(23-15)22-12-3-4-14(20)13(19)7-12/h3-8H,2H2,1H3,(H,22,23). The summed E-state index contributed by atoms with van der Waals surface area (Å²) in [5.41, 5.74) is 0.804. The van der Waals surface area contributed by atoms with Crippen LogP contribution in [-0.2, 0) is 0 Å². The van der Waals surface area contributed by atoms with Crippen molar-refractivity contribution >= 4 is 39.7 Å². The summed E-state index contributed by atoms with van der Waals surface area (Å²) in [5.74, 6) is -0.269. The van der Waals surface area contributed by atoms with E-state index in [1.807, 2.05) is 6.07 Å². The van der Waals surface area contributed by atoms with E-state index in [2.05, 4.69) is 10.3 Å². The van der Waals surface area contributed by atoms with Crippen molar-refractivity contribution in [2.75, 3.05) is 11.9 Å². The molecule has 1 N–H and O–H groups in total. The third-order valence-corrected chi connectivity index (χ3v) is 3.98. The van der Waals surface area contributed by atoms with Crippen molar-refractivity contribution in [2.24, 2.45) is 0 Å². The number of ether oxygens (including phenoxy) is 1. The third kappa shape index (κ3) is 3.73. The van der Waals surface area contributed by atoms with E-state index in [0.29, 0.717) is 16.6 Å². The Morgan fingerprint density at radius 1 is 1.37 bits per heavy atom. The summed E-state index contributed by atoms with van der Waals surface area (Å²) in [6.07, 6.45) is 0. The average molecular weight is 387 g/mol. The molecule has 7 nitrogen and oxygen atoms in total. The zero-order valence-electron chi connectivity index (χ0n) is 14.0. The quantitative estimate of drug-likeness (QED) is 0.491. The molecule has 0 aliphatic heterocycles. The van der Waals surface area contributed by atoms with Crippen LogP contribution in [0.1, 0.15) is 12.5 Å². The number of aromatic nitrogens is 1. The number of nitro benzene ring substituents is 1. The normalized spacial score (nSPS) is 10.4. The lowest BCUT2D eigenvalue weighted by Crippen LogP contribution is -2.01. The number of rotatable bonds is 5. The van der Waals surface area contributed by atoms with Gasteiger partial charge >= 0.3 is 5.69 Å². The second-order valence-corrected chi connectivity index (χ2v) is 5.86. The molecule has 136 valence electrons. The van der Waals surface area contributed by atoms with E-state index in [9.17, 15) is 19.8 Å². The molecule has 27 heavy (non-hydrogen) atoms. The molecule has 3 aromatic rings. The molecule has 0 aliphatic carbocycles. The molecule has 0 atom stereocenters. The Morgan fingerprint density at radius 3 is 2.78 bits per heavy atom. The van der Waals surface area contributed by atoms with Crippen LogP contribution in [0.25, 0.3) is 10.9 Å². The lowest BCUT2D eigenvalue weighted by molar-refractivity contribution is -0.385. The van der Waals surface area contributed by atoms with Gasteiger partial charge in [0.2, 0.25) is 0 Å². The first-order chi connectivity index (χ1) is 12.9. The Balaban J connectivity index is 2.12. The van der Waals surface area contributed by atoms with Crippen LogP contribution < -0.4 is 10.1 Å². The lowest BCUT2D eigenvalue weighted by atomic mass is 10.1. The second-order valence-electron chi connectivity index (χ2n) is 5.45. The van der Waals surface area contributed by atoms with Crippen LogP contribution in [0.4, 0.5) is 21.6 Å². The Labute approximate surface area is 158 Å². The molecule has 0 radical (unpaired) electrons. The zero-order chi connectivity index (χ0) is 19.6. The third-order valence-electron chi connectivity index (χ3n) is 3.69. The van der Waals surface area contributed by atoms with Gasteiger partial charge in [-0.15, -0.1) is 0 Å². The zero-order valence-corrected chi connectivity index (χ0v) is 14.7. The van der Waals surface area contributed by atoms with Gasteiger partial charge in [-0.3, -0.25) is 10.1 Å². The molecular formula is C18H12ClFN4O3. The Bertz CT molecular complexity index is 1100. The molecule has 9 heteroatoms. The van der Waals surface area contributed by atoms with E-state index < -0.39 is 10.7 Å². The number of anilines is 2. The fourth-order valence-electron chi connectivity index (χ4n) is 2.50. The van der Waals surface area contributed by atoms with Gasteiger partial charge in [0, 0.05) is 23.2 Å². The van der Waals surface area contributed by atoms with Crippen molar-refractivity contribution in [2.45, 2.75) is 6.92 Å². The summed E-state index contributed by atoms with van der Waals surface area (Å²) < 4.78 is 18.6. The fraction of sp³-hybridized carbons (Fsp3) is 0.111. The largest absolute Gasteiger partial charge is 0.487 e. The number of halogens is 2. The molecule has 1 aromatic heterocycles. The number of nitriles is 1. The number of pyridine rings is 1. The minimum atomic E-state index is -0.567. The van der Waals surface area contributed by atoms with E-state index >= 15 is 0 Å². The minimum absolute atomic E-state index is 0.0754. The Hall–Kier alpha value is -3.44. The van der Waals surface area contributed by atoms with Crippen LogP contribution in [0.2, 0.25) is 5.02 Å². The average Bonchev–Trinajstić information content (AvgIpc) is 2.64. The Morgan fingerprint density at radius 2 is 2.15 bits per heavy atom. The van der Waals surface area contributed by atoms with Gasteiger partial charge in [0.25, 0.3) is 0 Å². The van der Waals surface area contributed by atoms with Crippen LogP contribution in [0.3, 0.4) is 0 Å². The van der Waals surface area contributed by atoms with E-state index in [-0.39, 0.29) is 34.4 Å². The molecule has 0 spiro atoms. The van der Waals surface area contributed by atoms with Gasteiger partial charge in [0.15, 0.2) is 5.75 Å². The first-order valence-corrected chi connectivity index (χ1v) is 8.19. The van der Waals surface area contributed by atoms with E-state index in [1.54, 1.807) is 6.92 Å². The number of nitro groups is 1. The Kier molecular flexibility index (Phi) is 5.05. The van der Waals surface area contributed by atoms with Gasteiger partial charge in [-0.2, -0.15) is 5.26 Å². The van der Waals surface area contributed by atoms with Crippen LogP contribution in [0.15, 0.2) is 36.4 Å². The van der Waals surface area contributed by atoms with Crippen molar-refractivity contribution in [1.82, 2.24) is 4.98 Å².